The molecule has 0 spiro atoms. The van der Waals surface area contributed by atoms with Crippen molar-refractivity contribution in [3.05, 3.63) is 12.2 Å². The van der Waals surface area contributed by atoms with Gasteiger partial charge in [-0.05, 0) is 48.9 Å². The van der Waals surface area contributed by atoms with Crippen molar-refractivity contribution in [2.75, 3.05) is 6.61 Å². The van der Waals surface area contributed by atoms with Gasteiger partial charge < -0.3 is 54.1 Å². The summed E-state index contributed by atoms with van der Waals surface area (Å²) in [5, 5.41) is 0. The summed E-state index contributed by atoms with van der Waals surface area (Å²) in [6.07, 6.45) is 0.361. The van der Waals surface area contributed by atoms with Crippen molar-refractivity contribution in [1.82, 2.24) is 0 Å². The fourth-order valence-electron chi connectivity index (χ4n) is 7.96. The molecule has 0 aromatic heterocycles. The zero-order chi connectivity index (χ0) is 40.2. The van der Waals surface area contributed by atoms with Crippen LogP contribution in [-0.2, 0) is 58.9 Å². The van der Waals surface area contributed by atoms with Gasteiger partial charge in [-0.3, -0.25) is 0 Å². The lowest BCUT2D eigenvalue weighted by molar-refractivity contribution is -0.139. The number of ether oxygens (including phenoxy) is 1. The fourth-order valence-corrected chi connectivity index (χ4v) is 58.6. The Labute approximate surface area is 333 Å². The molecule has 6 aliphatic heterocycles. The summed E-state index contributed by atoms with van der Waals surface area (Å²) < 4.78 is 96.4. The molecular weight excluding hydrogens is 833 g/mol. The van der Waals surface area contributed by atoms with Crippen LogP contribution in [0, 0.1) is 35.5 Å². The topological polar surface area (TPSA) is 137 Å². The summed E-state index contributed by atoms with van der Waals surface area (Å²) in [6.45, 7) is 32.8. The normalized spacial score (nSPS) is 40.4. The van der Waals surface area contributed by atoms with E-state index in [0.717, 1.165) is 0 Å². The first-order chi connectivity index (χ1) is 24.8. The molecule has 0 aromatic rings. The van der Waals surface area contributed by atoms with Gasteiger partial charge in [-0.15, -0.1) is 0 Å². The van der Waals surface area contributed by atoms with Gasteiger partial charge in [0.25, 0.3) is 0 Å². The number of rotatable bonds is 17. The van der Waals surface area contributed by atoms with E-state index in [0.29, 0.717) is 48.3 Å². The fraction of sp³-hybridized carbons (Fsp3) is 0.906. The summed E-state index contributed by atoms with van der Waals surface area (Å²) in [5.41, 5.74) is 0.322. The van der Waals surface area contributed by atoms with Crippen molar-refractivity contribution in [3.63, 3.8) is 0 Å². The smallest absolute Gasteiger partial charge is 0.462 e. The SMILES string of the molecule is C=C(C)C(=O)OCCC[Si]12O[Si]3(C)O[Si]4(CC(C)C)O[Si](CC(C)C)(O1)O[Si]1(CC(C)C)O[Si](CC(C)C)(O2)O[Si](CC(C)C)(O3)O[Si](CC(C)C)(O4)O1. The van der Waals surface area contributed by atoms with E-state index in [4.69, 9.17) is 54.1 Å². The molecule has 0 radical (unpaired) electrons. The standard InChI is InChI=1S/C32H68O14Si8/c1-25(2)19-49-36-47(15)35-48(18-16-17-34-32(33)31(13)14)38-51(40-49,21-27(5)6)44-54(24-30(11)12)45-52(39-48,22-28(7)8)41-50(37-47,20-26(3)4)43-53(42-49,46-54)23-29(9)10/h25-30H,13,16-24H2,1-12,14-15H3. The molecule has 312 valence electrons. The van der Waals surface area contributed by atoms with Crippen LogP contribution in [0.2, 0.25) is 48.9 Å². The molecule has 4 atom stereocenters. The molecule has 0 N–H and O–H groups in total. The zero-order valence-electron chi connectivity index (χ0n) is 35.3. The van der Waals surface area contributed by atoms with Gasteiger partial charge in [0.15, 0.2) is 0 Å². The lowest BCUT2D eigenvalue weighted by Crippen LogP contribution is -2.88. The Bertz CT molecular complexity index is 1320. The first-order valence-electron chi connectivity index (χ1n) is 20.1. The maximum atomic E-state index is 12.4. The van der Waals surface area contributed by atoms with Crippen LogP contribution >= 0.6 is 0 Å². The Balaban J connectivity index is 1.85. The van der Waals surface area contributed by atoms with Gasteiger partial charge >= 0.3 is 76.4 Å². The van der Waals surface area contributed by atoms with Crippen LogP contribution in [0.3, 0.4) is 0 Å². The van der Waals surface area contributed by atoms with Crippen LogP contribution in [0.25, 0.3) is 0 Å². The van der Waals surface area contributed by atoms with Crippen molar-refractivity contribution in [3.8, 4) is 0 Å². The second kappa shape index (κ2) is 16.5. The van der Waals surface area contributed by atoms with Gasteiger partial charge in [0.1, 0.15) is 0 Å². The summed E-state index contributed by atoms with van der Waals surface area (Å²) >= 11 is 0. The third kappa shape index (κ3) is 10.6. The van der Waals surface area contributed by atoms with Crippen LogP contribution in [0.1, 0.15) is 96.4 Å². The highest BCUT2D eigenvalue weighted by molar-refractivity contribution is 7.03. The molecule has 0 aromatic carbocycles. The van der Waals surface area contributed by atoms with E-state index in [1.54, 1.807) is 6.92 Å². The minimum Gasteiger partial charge on any atom is -0.462 e. The van der Waals surface area contributed by atoms with E-state index < -0.39 is 76.4 Å². The number of esters is 1. The highest BCUT2D eigenvalue weighted by atomic mass is 28.6. The molecule has 6 rings (SSSR count). The largest absolute Gasteiger partial charge is 0.479 e. The second-order valence-corrected chi connectivity index (χ2v) is 42.5. The molecule has 54 heavy (non-hydrogen) atoms. The monoisotopic (exact) mass is 900 g/mol. The van der Waals surface area contributed by atoms with Crippen LogP contribution < -0.4 is 0 Å². The molecule has 8 bridgehead atoms. The predicted molar refractivity (Wildman–Crippen MR) is 218 cm³/mol. The van der Waals surface area contributed by atoms with Crippen molar-refractivity contribution >= 4 is 76.4 Å². The van der Waals surface area contributed by atoms with E-state index in [2.05, 4.69) is 89.7 Å². The average Bonchev–Trinajstić information content (AvgIpc) is 2.88. The summed E-state index contributed by atoms with van der Waals surface area (Å²) in [4.78, 5) is 12.4. The Morgan fingerprint density at radius 1 is 0.463 bits per heavy atom. The second-order valence-electron chi connectivity index (χ2n) is 18.5. The van der Waals surface area contributed by atoms with Gasteiger partial charge in [0, 0.05) is 54.4 Å². The first kappa shape index (κ1) is 45.5. The molecule has 6 heterocycles. The minimum absolute atomic E-state index is 0.0734. The van der Waals surface area contributed by atoms with E-state index in [1.165, 1.54) is 0 Å². The van der Waals surface area contributed by atoms with E-state index >= 15 is 0 Å². The zero-order valence-corrected chi connectivity index (χ0v) is 43.3. The van der Waals surface area contributed by atoms with Gasteiger partial charge in [-0.1, -0.05) is 89.7 Å². The van der Waals surface area contributed by atoms with Crippen molar-refractivity contribution < 1.29 is 58.9 Å². The lowest BCUT2D eigenvalue weighted by Gasteiger charge is -2.63. The molecule has 4 unspecified atom stereocenters. The highest BCUT2D eigenvalue weighted by Gasteiger charge is 2.82. The molecular formula is C32H68O14Si8. The molecule has 0 aliphatic carbocycles. The molecule has 0 amide bonds. The first-order valence-corrected chi connectivity index (χ1v) is 35.8. The summed E-state index contributed by atoms with van der Waals surface area (Å²) in [6, 6.07) is 2.88. The van der Waals surface area contributed by atoms with E-state index in [1.807, 2.05) is 6.55 Å². The Kier molecular flexibility index (Phi) is 13.9. The van der Waals surface area contributed by atoms with E-state index in [9.17, 15) is 4.79 Å². The number of hydrogen-bond donors (Lipinski definition) is 0. The molecule has 6 saturated heterocycles. The third-order valence-electron chi connectivity index (χ3n) is 8.98. The third-order valence-corrected chi connectivity index (χ3v) is 48.4. The van der Waals surface area contributed by atoms with Crippen molar-refractivity contribution in [2.24, 2.45) is 35.5 Å². The van der Waals surface area contributed by atoms with Gasteiger partial charge in [-0.25, -0.2) is 4.79 Å². The number of hydrogen-bond acceptors (Lipinski definition) is 14. The van der Waals surface area contributed by atoms with Crippen molar-refractivity contribution in [1.29, 1.82) is 0 Å². The Morgan fingerprint density at radius 3 is 0.963 bits per heavy atom. The van der Waals surface area contributed by atoms with Crippen LogP contribution in [0.5, 0.6) is 0 Å². The molecule has 22 heteroatoms. The minimum atomic E-state index is -4.03. The predicted octanol–water partition coefficient (Wildman–Crippen LogP) is 7.84. The Morgan fingerprint density at radius 2 is 0.704 bits per heavy atom. The maximum Gasteiger partial charge on any atom is 0.479 e. The molecule has 0 saturated carbocycles. The van der Waals surface area contributed by atoms with E-state index in [-0.39, 0.29) is 48.2 Å². The maximum absolute atomic E-state index is 12.4. The van der Waals surface area contributed by atoms with Gasteiger partial charge in [0.05, 0.1) is 6.61 Å². The van der Waals surface area contributed by atoms with Crippen LogP contribution in [-0.4, -0.2) is 83.0 Å². The molecule has 14 nitrogen and oxygen atoms in total. The average molecular weight is 902 g/mol. The van der Waals surface area contributed by atoms with Gasteiger partial charge in [0.2, 0.25) is 0 Å². The summed E-state index contributed by atoms with van der Waals surface area (Å²) in [5.74, 6) is 0.0836. The van der Waals surface area contributed by atoms with Crippen LogP contribution in [0.15, 0.2) is 12.2 Å². The van der Waals surface area contributed by atoms with Crippen molar-refractivity contribution in [2.45, 2.75) is 145 Å². The number of carbonyl (C=O) groups is 1. The van der Waals surface area contributed by atoms with Crippen LogP contribution in [0.4, 0.5) is 0 Å². The molecule has 6 fully saturated rings. The highest BCUT2D eigenvalue weighted by Crippen LogP contribution is 2.55. The van der Waals surface area contributed by atoms with Gasteiger partial charge in [-0.2, -0.15) is 0 Å². The molecule has 6 aliphatic rings. The number of carbonyl (C=O) groups excluding carboxylic acids is 1. The quantitative estimate of drug-likeness (QED) is 0.0607. The Hall–Kier alpha value is 0.465. The lowest BCUT2D eigenvalue weighted by atomic mass is 10.3. The summed E-state index contributed by atoms with van der Waals surface area (Å²) in [7, 11) is -31.5.